The van der Waals surface area contributed by atoms with Crippen LogP contribution in [0, 0.1) is 5.41 Å². The van der Waals surface area contributed by atoms with Gasteiger partial charge >= 0.3 is 6.09 Å². The highest BCUT2D eigenvalue weighted by Crippen LogP contribution is 2.40. The molecular formula is C20H30N2O5S. The Morgan fingerprint density at radius 2 is 1.71 bits per heavy atom. The summed E-state index contributed by atoms with van der Waals surface area (Å²) in [5.41, 5.74) is 0.765. The number of rotatable bonds is 4. The molecule has 7 nitrogen and oxygen atoms in total. The minimum absolute atomic E-state index is 0.0536. The zero-order valence-corrected chi connectivity index (χ0v) is 17.8. The molecule has 0 aromatic heterocycles. The molecule has 1 N–H and O–H groups in total. The SMILES string of the molecule is COc1ccc(C2CCN(S(=O)(=O)C3CN(C(=O)O)C3C(C)(C)C)CC2)cc1. The van der Waals surface area contributed by atoms with Crippen molar-refractivity contribution >= 4 is 16.1 Å². The minimum Gasteiger partial charge on any atom is -0.497 e. The van der Waals surface area contributed by atoms with Gasteiger partial charge in [0.15, 0.2) is 0 Å². The number of nitrogens with zero attached hydrogens (tertiary/aromatic N) is 2. The number of likely N-dealkylation sites (tertiary alicyclic amines) is 1. The molecule has 3 rings (SSSR count). The van der Waals surface area contributed by atoms with Crippen molar-refractivity contribution in [3.63, 3.8) is 0 Å². The fourth-order valence-corrected chi connectivity index (χ4v) is 6.79. The topological polar surface area (TPSA) is 87.2 Å². The third-order valence-electron chi connectivity index (χ3n) is 5.98. The Bertz CT molecular complexity index is 808. The molecule has 2 aliphatic rings. The number of hydrogen-bond acceptors (Lipinski definition) is 4. The number of carboxylic acid groups (broad SMARTS) is 1. The van der Waals surface area contributed by atoms with Crippen molar-refractivity contribution in [3.05, 3.63) is 29.8 Å². The van der Waals surface area contributed by atoms with Crippen molar-refractivity contribution in [1.29, 1.82) is 0 Å². The minimum atomic E-state index is -3.53. The molecule has 1 aromatic carbocycles. The normalized spacial score (nSPS) is 24.6. The first-order chi connectivity index (χ1) is 13.1. The lowest BCUT2D eigenvalue weighted by molar-refractivity contribution is 0.0218. The number of methoxy groups -OCH3 is 1. The summed E-state index contributed by atoms with van der Waals surface area (Å²) < 4.78 is 33.2. The molecule has 0 aliphatic carbocycles. The highest BCUT2D eigenvalue weighted by Gasteiger charge is 2.55. The lowest BCUT2D eigenvalue weighted by atomic mass is 9.79. The Labute approximate surface area is 167 Å². The molecule has 0 bridgehead atoms. The zero-order chi connectivity index (χ0) is 20.7. The standard InChI is InChI=1S/C20H30N2O5S/c1-20(2,3)18-17(13-22(18)19(23)24)28(25,26)21-11-9-15(10-12-21)14-5-7-16(27-4)8-6-14/h5-8,15,17-18H,9-13H2,1-4H3,(H,23,24). The van der Waals surface area contributed by atoms with Crippen LogP contribution in [0.25, 0.3) is 0 Å². The molecule has 156 valence electrons. The van der Waals surface area contributed by atoms with Crippen LogP contribution in [-0.2, 0) is 10.0 Å². The van der Waals surface area contributed by atoms with Gasteiger partial charge in [-0.05, 0) is 41.9 Å². The Morgan fingerprint density at radius 1 is 1.14 bits per heavy atom. The van der Waals surface area contributed by atoms with Crippen LogP contribution in [0.5, 0.6) is 5.75 Å². The van der Waals surface area contributed by atoms with Crippen molar-refractivity contribution in [1.82, 2.24) is 9.21 Å². The number of benzene rings is 1. The fourth-order valence-electron chi connectivity index (χ4n) is 4.46. The van der Waals surface area contributed by atoms with Crippen LogP contribution in [0.2, 0.25) is 0 Å². The van der Waals surface area contributed by atoms with Crippen LogP contribution in [0.15, 0.2) is 24.3 Å². The maximum Gasteiger partial charge on any atom is 0.407 e. The van der Waals surface area contributed by atoms with E-state index >= 15 is 0 Å². The van der Waals surface area contributed by atoms with Crippen LogP contribution in [0.3, 0.4) is 0 Å². The summed E-state index contributed by atoms with van der Waals surface area (Å²) in [6.07, 6.45) is 0.479. The molecule has 2 fully saturated rings. The average molecular weight is 411 g/mol. The predicted molar refractivity (Wildman–Crippen MR) is 107 cm³/mol. The van der Waals surface area contributed by atoms with Gasteiger partial charge in [0.25, 0.3) is 0 Å². The molecule has 2 saturated heterocycles. The van der Waals surface area contributed by atoms with Crippen molar-refractivity contribution in [2.75, 3.05) is 26.7 Å². The maximum absolute atomic E-state index is 13.2. The molecule has 0 radical (unpaired) electrons. The van der Waals surface area contributed by atoms with Gasteiger partial charge in [-0.3, -0.25) is 0 Å². The largest absolute Gasteiger partial charge is 0.497 e. The van der Waals surface area contributed by atoms with E-state index in [2.05, 4.69) is 0 Å². The third-order valence-corrected chi connectivity index (χ3v) is 8.24. The smallest absolute Gasteiger partial charge is 0.407 e. The summed E-state index contributed by atoms with van der Waals surface area (Å²) in [5, 5.41) is 8.70. The van der Waals surface area contributed by atoms with E-state index in [1.165, 1.54) is 10.5 Å². The van der Waals surface area contributed by atoms with E-state index in [1.807, 2.05) is 45.0 Å². The van der Waals surface area contributed by atoms with Crippen LogP contribution in [0.4, 0.5) is 4.79 Å². The zero-order valence-electron chi connectivity index (χ0n) is 17.0. The summed E-state index contributed by atoms with van der Waals surface area (Å²) in [5.74, 6) is 1.14. The molecule has 8 heteroatoms. The number of carbonyl (C=O) groups is 1. The highest BCUT2D eigenvalue weighted by molar-refractivity contribution is 7.89. The summed E-state index contributed by atoms with van der Waals surface area (Å²) in [6.45, 7) is 6.68. The third kappa shape index (κ3) is 3.85. The molecule has 2 heterocycles. The van der Waals surface area contributed by atoms with E-state index < -0.39 is 32.8 Å². The van der Waals surface area contributed by atoms with Crippen LogP contribution >= 0.6 is 0 Å². The van der Waals surface area contributed by atoms with Gasteiger partial charge in [0, 0.05) is 19.6 Å². The molecule has 2 aliphatic heterocycles. The van der Waals surface area contributed by atoms with E-state index in [0.717, 1.165) is 18.6 Å². The monoisotopic (exact) mass is 410 g/mol. The Balaban J connectivity index is 1.68. The second kappa shape index (κ2) is 7.55. The summed E-state index contributed by atoms with van der Waals surface area (Å²) >= 11 is 0. The van der Waals surface area contributed by atoms with Gasteiger partial charge in [-0.2, -0.15) is 0 Å². The van der Waals surface area contributed by atoms with Crippen molar-refractivity contribution in [2.24, 2.45) is 5.41 Å². The van der Waals surface area contributed by atoms with Crippen molar-refractivity contribution in [3.8, 4) is 5.75 Å². The van der Waals surface area contributed by atoms with E-state index in [1.54, 1.807) is 11.4 Å². The first-order valence-corrected chi connectivity index (χ1v) is 11.2. The Kier molecular flexibility index (Phi) is 5.64. The van der Waals surface area contributed by atoms with E-state index in [0.29, 0.717) is 19.0 Å². The van der Waals surface area contributed by atoms with Gasteiger partial charge in [-0.15, -0.1) is 0 Å². The van der Waals surface area contributed by atoms with Crippen LogP contribution < -0.4 is 4.74 Å². The quantitative estimate of drug-likeness (QED) is 0.825. The van der Waals surface area contributed by atoms with E-state index in [4.69, 9.17) is 4.74 Å². The number of sulfonamides is 1. The van der Waals surface area contributed by atoms with Gasteiger partial charge in [0.1, 0.15) is 11.0 Å². The van der Waals surface area contributed by atoms with E-state index in [-0.39, 0.29) is 6.54 Å². The van der Waals surface area contributed by atoms with E-state index in [9.17, 15) is 18.3 Å². The van der Waals surface area contributed by atoms with Crippen molar-refractivity contribution in [2.45, 2.75) is 50.8 Å². The number of ether oxygens (including phenoxy) is 1. The van der Waals surface area contributed by atoms with Gasteiger partial charge in [0.2, 0.25) is 10.0 Å². The molecule has 1 amide bonds. The summed E-state index contributed by atoms with van der Waals surface area (Å²) in [4.78, 5) is 12.7. The van der Waals surface area contributed by atoms with Crippen LogP contribution in [-0.4, -0.2) is 66.9 Å². The molecule has 2 unspecified atom stereocenters. The molecular weight excluding hydrogens is 380 g/mol. The fraction of sp³-hybridized carbons (Fsp3) is 0.650. The lowest BCUT2D eigenvalue weighted by Gasteiger charge is -2.53. The summed E-state index contributed by atoms with van der Waals surface area (Å²) in [7, 11) is -1.90. The molecule has 28 heavy (non-hydrogen) atoms. The van der Waals surface area contributed by atoms with Gasteiger partial charge in [-0.1, -0.05) is 32.9 Å². The number of amides is 1. The van der Waals surface area contributed by atoms with Gasteiger partial charge in [-0.25, -0.2) is 17.5 Å². The van der Waals surface area contributed by atoms with Crippen LogP contribution in [0.1, 0.15) is 45.1 Å². The maximum atomic E-state index is 13.2. The second-order valence-corrected chi connectivity index (χ2v) is 10.9. The molecule has 1 aromatic rings. The van der Waals surface area contributed by atoms with Crippen molar-refractivity contribution < 1.29 is 23.1 Å². The predicted octanol–water partition coefficient (Wildman–Crippen LogP) is 2.98. The van der Waals surface area contributed by atoms with Gasteiger partial charge < -0.3 is 14.7 Å². The highest BCUT2D eigenvalue weighted by atomic mass is 32.2. The molecule has 2 atom stereocenters. The number of piperidine rings is 1. The Morgan fingerprint density at radius 3 is 2.18 bits per heavy atom. The first-order valence-electron chi connectivity index (χ1n) is 9.68. The molecule has 0 saturated carbocycles. The average Bonchev–Trinajstić information content (AvgIpc) is 2.59. The number of hydrogen-bond donors (Lipinski definition) is 1. The Hall–Kier alpha value is -1.80. The lowest BCUT2D eigenvalue weighted by Crippen LogP contribution is -2.70. The summed E-state index contributed by atoms with van der Waals surface area (Å²) in [6, 6.07) is 7.43. The van der Waals surface area contributed by atoms with Gasteiger partial charge in [0.05, 0.1) is 13.2 Å². The second-order valence-electron chi connectivity index (χ2n) is 8.78. The molecule has 0 spiro atoms. The first kappa shape index (κ1) is 20.9.